The molecule has 0 saturated carbocycles. The van der Waals surface area contributed by atoms with Crippen LogP contribution in [-0.4, -0.2) is 28.8 Å². The van der Waals surface area contributed by atoms with Crippen molar-refractivity contribution in [3.8, 4) is 11.4 Å². The van der Waals surface area contributed by atoms with Crippen molar-refractivity contribution in [2.45, 2.75) is 25.7 Å². The van der Waals surface area contributed by atoms with E-state index in [9.17, 15) is 9.59 Å². The lowest BCUT2D eigenvalue weighted by Crippen LogP contribution is -2.20. The lowest BCUT2D eigenvalue weighted by molar-refractivity contribution is 0.0955. The Hall–Kier alpha value is -3.30. The fourth-order valence-corrected chi connectivity index (χ4v) is 5.87. The highest BCUT2D eigenvalue weighted by atomic mass is 79.9. The summed E-state index contributed by atoms with van der Waals surface area (Å²) in [6, 6.07) is 12.3. The van der Waals surface area contributed by atoms with Crippen LogP contribution in [0, 0.1) is 0 Å². The van der Waals surface area contributed by atoms with Gasteiger partial charge in [-0.2, -0.15) is 5.10 Å². The zero-order valence-corrected chi connectivity index (χ0v) is 20.8. The van der Waals surface area contributed by atoms with Crippen LogP contribution in [0.3, 0.4) is 0 Å². The number of fused-ring (bicyclic) bond motifs is 3. The molecule has 0 bridgehead atoms. The second-order valence-corrected chi connectivity index (χ2v) is 9.89. The average Bonchev–Trinajstić information content (AvgIpc) is 3.24. The third-order valence-electron chi connectivity index (χ3n) is 5.84. The minimum absolute atomic E-state index is 0.0585. The van der Waals surface area contributed by atoms with E-state index in [-0.39, 0.29) is 11.5 Å². The van der Waals surface area contributed by atoms with Gasteiger partial charge in [0.2, 0.25) is 0 Å². The molecule has 9 heteroatoms. The number of carbonyl (C=O) groups is 1. The Bertz CT molecular complexity index is 1470. The van der Waals surface area contributed by atoms with E-state index < -0.39 is 0 Å². The number of aryl methyl sites for hydroxylation is 2. The molecule has 1 aliphatic rings. The molecule has 34 heavy (non-hydrogen) atoms. The van der Waals surface area contributed by atoms with Crippen LogP contribution in [0.5, 0.6) is 5.75 Å². The lowest BCUT2D eigenvalue weighted by atomic mass is 9.97. The summed E-state index contributed by atoms with van der Waals surface area (Å²) >= 11 is 5.06. The number of rotatable bonds is 5. The number of thiophene rings is 1. The van der Waals surface area contributed by atoms with Crippen LogP contribution in [0.4, 0.5) is 0 Å². The number of benzene rings is 2. The number of hydrogen-bond donors (Lipinski definition) is 1. The zero-order valence-electron chi connectivity index (χ0n) is 18.4. The molecule has 0 unspecified atom stereocenters. The summed E-state index contributed by atoms with van der Waals surface area (Å²) in [5.41, 5.74) is 5.54. The van der Waals surface area contributed by atoms with Crippen molar-refractivity contribution in [2.24, 2.45) is 5.10 Å². The molecule has 0 atom stereocenters. The van der Waals surface area contributed by atoms with Crippen molar-refractivity contribution in [1.29, 1.82) is 0 Å². The second kappa shape index (κ2) is 9.52. The first-order valence-electron chi connectivity index (χ1n) is 10.8. The van der Waals surface area contributed by atoms with Gasteiger partial charge in [-0.05, 0) is 95.2 Å². The molecule has 0 aliphatic heterocycles. The molecule has 7 nitrogen and oxygen atoms in total. The molecule has 2 aromatic carbocycles. The summed E-state index contributed by atoms with van der Waals surface area (Å²) in [4.78, 5) is 32.4. The zero-order chi connectivity index (χ0) is 23.7. The van der Waals surface area contributed by atoms with Crippen LogP contribution in [0.25, 0.3) is 15.9 Å². The molecule has 0 radical (unpaired) electrons. The molecule has 4 aromatic rings. The predicted octanol–water partition coefficient (Wildman–Crippen LogP) is 4.86. The third kappa shape index (κ3) is 4.28. The predicted molar refractivity (Wildman–Crippen MR) is 138 cm³/mol. The number of hydrazone groups is 1. The quantitative estimate of drug-likeness (QED) is 0.291. The first-order chi connectivity index (χ1) is 16.5. The van der Waals surface area contributed by atoms with Gasteiger partial charge in [0.1, 0.15) is 16.9 Å². The third-order valence-corrected chi connectivity index (χ3v) is 7.66. The van der Waals surface area contributed by atoms with Gasteiger partial charge in [-0.25, -0.2) is 10.4 Å². The van der Waals surface area contributed by atoms with E-state index in [0.717, 1.165) is 45.1 Å². The van der Waals surface area contributed by atoms with Gasteiger partial charge < -0.3 is 4.74 Å². The molecule has 0 spiro atoms. The maximum atomic E-state index is 13.2. The Labute approximate surface area is 208 Å². The van der Waals surface area contributed by atoms with E-state index >= 15 is 0 Å². The summed E-state index contributed by atoms with van der Waals surface area (Å²) < 4.78 is 7.55. The lowest BCUT2D eigenvalue weighted by Gasteiger charge is -2.10. The number of hydrogen-bond acceptors (Lipinski definition) is 6. The largest absolute Gasteiger partial charge is 0.496 e. The van der Waals surface area contributed by atoms with E-state index in [1.54, 1.807) is 59.8 Å². The number of aromatic nitrogens is 2. The number of carbonyl (C=O) groups excluding carboxylic acids is 1. The molecule has 1 amide bonds. The first kappa shape index (κ1) is 22.5. The summed E-state index contributed by atoms with van der Waals surface area (Å²) in [7, 11) is 1.60. The topological polar surface area (TPSA) is 85.6 Å². The molecule has 2 heterocycles. The van der Waals surface area contributed by atoms with Crippen LogP contribution >= 0.6 is 27.3 Å². The number of methoxy groups -OCH3 is 1. The van der Waals surface area contributed by atoms with Crippen molar-refractivity contribution >= 4 is 49.6 Å². The number of halogens is 1. The van der Waals surface area contributed by atoms with E-state index in [2.05, 4.69) is 31.4 Å². The highest BCUT2D eigenvalue weighted by molar-refractivity contribution is 9.10. The Kier molecular flexibility index (Phi) is 6.30. The minimum atomic E-state index is -0.344. The normalized spacial score (nSPS) is 13.2. The van der Waals surface area contributed by atoms with Gasteiger partial charge in [0, 0.05) is 10.4 Å². The first-order valence-corrected chi connectivity index (χ1v) is 12.5. The SMILES string of the molecule is COc1ccc(/C=N\NC(=O)c2ccc(-n3cnc4sc5c(c4c3=O)CCCC5)cc2)cc1Br. The summed E-state index contributed by atoms with van der Waals surface area (Å²) in [5, 5.41) is 4.77. The van der Waals surface area contributed by atoms with E-state index in [1.165, 1.54) is 11.3 Å². The van der Waals surface area contributed by atoms with Crippen LogP contribution < -0.4 is 15.7 Å². The highest BCUT2D eigenvalue weighted by Crippen LogP contribution is 2.33. The van der Waals surface area contributed by atoms with Crippen LogP contribution in [-0.2, 0) is 12.8 Å². The van der Waals surface area contributed by atoms with Crippen molar-refractivity contribution in [2.75, 3.05) is 7.11 Å². The van der Waals surface area contributed by atoms with Gasteiger partial charge in [-0.15, -0.1) is 11.3 Å². The highest BCUT2D eigenvalue weighted by Gasteiger charge is 2.20. The molecule has 1 N–H and O–H groups in total. The van der Waals surface area contributed by atoms with Gasteiger partial charge in [0.15, 0.2) is 0 Å². The standard InChI is InChI=1S/C25H21BrN4O3S/c1-33-20-11-6-15(12-19(20)26)13-28-29-23(31)16-7-9-17(10-8-16)30-14-27-24-22(25(30)32)18-4-2-3-5-21(18)34-24/h6-14H,2-5H2,1H3,(H,29,31)/b28-13-. The number of nitrogens with zero attached hydrogens (tertiary/aromatic N) is 3. The molecule has 0 fully saturated rings. The Morgan fingerprint density at radius 1 is 1.21 bits per heavy atom. The second-order valence-electron chi connectivity index (χ2n) is 7.95. The van der Waals surface area contributed by atoms with Crippen LogP contribution in [0.1, 0.15) is 39.2 Å². The monoisotopic (exact) mass is 536 g/mol. The summed E-state index contributed by atoms with van der Waals surface area (Å²) in [6.07, 6.45) is 7.35. The van der Waals surface area contributed by atoms with Crippen LogP contribution in [0.15, 0.2) is 63.2 Å². The summed E-state index contributed by atoms with van der Waals surface area (Å²) in [6.45, 7) is 0. The van der Waals surface area contributed by atoms with Gasteiger partial charge in [-0.3, -0.25) is 14.2 Å². The Morgan fingerprint density at radius 2 is 2.00 bits per heavy atom. The van der Waals surface area contributed by atoms with Crippen molar-refractivity contribution in [1.82, 2.24) is 15.0 Å². The molecular weight excluding hydrogens is 516 g/mol. The molecule has 2 aromatic heterocycles. The van der Waals surface area contributed by atoms with E-state index in [0.29, 0.717) is 17.0 Å². The Balaban J connectivity index is 1.33. The molecular formula is C25H21BrN4O3S. The van der Waals surface area contributed by atoms with Crippen molar-refractivity contribution in [3.05, 3.63) is 85.2 Å². The maximum absolute atomic E-state index is 13.2. The van der Waals surface area contributed by atoms with Gasteiger partial charge in [-0.1, -0.05) is 0 Å². The van der Waals surface area contributed by atoms with E-state index in [1.807, 2.05) is 18.2 Å². The Morgan fingerprint density at radius 3 is 2.76 bits per heavy atom. The van der Waals surface area contributed by atoms with Gasteiger partial charge in [0.25, 0.3) is 11.5 Å². The van der Waals surface area contributed by atoms with Gasteiger partial charge in [0.05, 0.1) is 28.9 Å². The fraction of sp³-hybridized carbons (Fsp3) is 0.200. The number of nitrogens with one attached hydrogen (secondary N) is 1. The molecule has 0 saturated heterocycles. The fourth-order valence-electron chi connectivity index (χ4n) is 4.10. The van der Waals surface area contributed by atoms with Crippen LogP contribution in [0.2, 0.25) is 0 Å². The average molecular weight is 537 g/mol. The summed E-state index contributed by atoms with van der Waals surface area (Å²) in [5.74, 6) is 0.372. The van der Waals surface area contributed by atoms with Crippen molar-refractivity contribution in [3.63, 3.8) is 0 Å². The molecule has 5 rings (SSSR count). The number of ether oxygens (including phenoxy) is 1. The van der Waals surface area contributed by atoms with Gasteiger partial charge >= 0.3 is 0 Å². The van der Waals surface area contributed by atoms with E-state index in [4.69, 9.17) is 4.74 Å². The minimum Gasteiger partial charge on any atom is -0.496 e. The smallest absolute Gasteiger partial charge is 0.271 e. The van der Waals surface area contributed by atoms with Crippen molar-refractivity contribution < 1.29 is 9.53 Å². The maximum Gasteiger partial charge on any atom is 0.271 e. The molecule has 172 valence electrons. The number of amides is 1. The molecule has 1 aliphatic carbocycles.